The second-order valence-corrected chi connectivity index (χ2v) is 11.0. The highest BCUT2D eigenvalue weighted by molar-refractivity contribution is 7.22. The molecule has 0 saturated carbocycles. The first kappa shape index (κ1) is 26.3. The average molecular weight is 584 g/mol. The topological polar surface area (TPSA) is 35.8 Å². The summed E-state index contributed by atoms with van der Waals surface area (Å²) in [6.45, 7) is 0. The van der Waals surface area contributed by atoms with Gasteiger partial charge in [0.05, 0.1) is 40.0 Å². The molecule has 3 aromatic heterocycles. The van der Waals surface area contributed by atoms with Gasteiger partial charge in [0, 0.05) is 15.4 Å². The van der Waals surface area contributed by atoms with Crippen LogP contribution in [0.25, 0.3) is 42.7 Å². The molecule has 0 unspecified atom stereocenters. The molecular weight excluding hydrogens is 566 g/mol. The number of benzene rings is 2. The zero-order valence-corrected chi connectivity index (χ0v) is 22.6. The van der Waals surface area contributed by atoms with Gasteiger partial charge in [-0.15, -0.1) is 22.7 Å². The Kier molecular flexibility index (Phi) is 6.54. The molecule has 202 valence electrons. The van der Waals surface area contributed by atoms with E-state index in [2.05, 4.69) is 4.99 Å². The molecule has 6 rings (SSSR count). The Morgan fingerprint density at radius 3 is 1.90 bits per heavy atom. The fourth-order valence-electron chi connectivity index (χ4n) is 4.63. The smallest absolute Gasteiger partial charge is 0.497 e. The second kappa shape index (κ2) is 9.94. The van der Waals surface area contributed by atoms with Crippen LogP contribution < -0.4 is 19.4 Å². The fourth-order valence-corrected chi connectivity index (χ4v) is 6.77. The van der Waals surface area contributed by atoms with Crippen LogP contribution in [0.3, 0.4) is 0 Å². The predicted octanol–water partition coefficient (Wildman–Crippen LogP) is 7.27. The molecule has 1 aliphatic heterocycles. The molecule has 1 aliphatic rings. The number of hydrogen-bond donors (Lipinski definition) is 0. The normalized spacial score (nSPS) is 14.1. The molecule has 0 bridgehead atoms. The van der Waals surface area contributed by atoms with E-state index in [1.807, 2.05) is 12.1 Å². The summed E-state index contributed by atoms with van der Waals surface area (Å²) in [5.74, 6) is 1.31. The van der Waals surface area contributed by atoms with Crippen molar-refractivity contribution in [3.63, 3.8) is 0 Å². The lowest BCUT2D eigenvalue weighted by Crippen LogP contribution is -2.21. The van der Waals surface area contributed by atoms with E-state index in [1.165, 1.54) is 36.7 Å². The molecule has 40 heavy (non-hydrogen) atoms. The minimum absolute atomic E-state index is 0.0257. The lowest BCUT2D eigenvalue weighted by atomic mass is 10.1. The third-order valence-electron chi connectivity index (χ3n) is 6.52. The lowest BCUT2D eigenvalue weighted by molar-refractivity contribution is -0.0695. The van der Waals surface area contributed by atoms with Gasteiger partial charge in [-0.05, 0) is 83.9 Å². The van der Waals surface area contributed by atoms with E-state index in [-0.39, 0.29) is 5.52 Å². The lowest BCUT2D eigenvalue weighted by Gasteiger charge is -2.15. The predicted molar refractivity (Wildman–Crippen MR) is 150 cm³/mol. The van der Waals surface area contributed by atoms with Crippen LogP contribution in [0.4, 0.5) is 21.8 Å². The maximum Gasteiger partial charge on any atom is 0.678 e. The summed E-state index contributed by atoms with van der Waals surface area (Å²) in [7, 11) is -0.106. The van der Waals surface area contributed by atoms with Gasteiger partial charge < -0.3 is 14.0 Å². The number of allylic oxidation sites excluding steroid dienone is 2. The third kappa shape index (κ3) is 4.60. The van der Waals surface area contributed by atoms with Gasteiger partial charge in [-0.1, -0.05) is 0 Å². The van der Waals surface area contributed by atoms with Crippen LogP contribution in [-0.2, 0) is 0 Å². The highest BCUT2D eigenvalue weighted by Crippen LogP contribution is 2.43. The van der Waals surface area contributed by atoms with Gasteiger partial charge in [0.2, 0.25) is 0 Å². The SMILES string of the molecule is COc1ccc(-c2cc3c(s2)=C/C(=C(/c2cc4sc(-c5ccc(OC)cc5)cc4n2B(F)F)C(F)(F)F)N=3)cc1. The first-order chi connectivity index (χ1) is 19.2. The van der Waals surface area contributed by atoms with Gasteiger partial charge in [-0.3, -0.25) is 8.63 Å². The van der Waals surface area contributed by atoms with Crippen LogP contribution in [0.1, 0.15) is 5.69 Å². The van der Waals surface area contributed by atoms with Crippen LogP contribution in [-0.4, -0.2) is 32.3 Å². The number of nitrogens with zero attached hydrogens (tertiary/aromatic N) is 2. The summed E-state index contributed by atoms with van der Waals surface area (Å²) >= 11 is 2.43. The first-order valence-corrected chi connectivity index (χ1v) is 13.5. The molecular formula is C28H18BF5N2O2S2. The molecule has 2 aromatic carbocycles. The minimum Gasteiger partial charge on any atom is -0.497 e. The average Bonchev–Trinajstić information content (AvgIpc) is 3.67. The second-order valence-electron chi connectivity index (χ2n) is 8.87. The number of halogens is 5. The first-order valence-electron chi connectivity index (χ1n) is 11.9. The van der Waals surface area contributed by atoms with E-state index in [0.717, 1.165) is 27.3 Å². The molecule has 0 spiro atoms. The summed E-state index contributed by atoms with van der Waals surface area (Å²) in [5, 5.41) is 0.367. The van der Waals surface area contributed by atoms with Gasteiger partial charge in [0.15, 0.2) is 0 Å². The van der Waals surface area contributed by atoms with E-state index in [4.69, 9.17) is 9.47 Å². The van der Waals surface area contributed by atoms with Crippen LogP contribution in [0.5, 0.6) is 11.5 Å². The van der Waals surface area contributed by atoms with E-state index in [1.54, 1.807) is 49.6 Å². The number of hydrogen-bond acceptors (Lipinski definition) is 5. The number of thiophene rings is 2. The van der Waals surface area contributed by atoms with Crippen molar-refractivity contribution in [1.29, 1.82) is 0 Å². The standard InChI is InChI=1S/C28H18BF5N2O2S2/c1-37-17-7-3-15(4-8-17)23-11-19-25(39-23)12-20(35-19)27(28(30,31)32)22-14-26-21(36(22)29(33)34)13-24(40-26)16-5-9-18(38-2)10-6-16/h3-14H,1-2H3/b27-20+. The largest absolute Gasteiger partial charge is 0.678 e. The van der Waals surface area contributed by atoms with E-state index in [9.17, 15) is 21.8 Å². The summed E-state index contributed by atoms with van der Waals surface area (Å²) in [4.78, 5) is 5.71. The van der Waals surface area contributed by atoms with Crippen LogP contribution in [0.2, 0.25) is 0 Å². The highest BCUT2D eigenvalue weighted by atomic mass is 32.1. The molecule has 0 N–H and O–H groups in total. The van der Waals surface area contributed by atoms with E-state index >= 15 is 0 Å². The van der Waals surface area contributed by atoms with Crippen molar-refractivity contribution in [2.45, 2.75) is 6.18 Å². The summed E-state index contributed by atoms with van der Waals surface area (Å²) in [6, 6.07) is 18.6. The molecule has 4 nitrogen and oxygen atoms in total. The minimum atomic E-state index is -4.92. The van der Waals surface area contributed by atoms with Gasteiger partial charge in [-0.25, -0.2) is 4.99 Å². The Morgan fingerprint density at radius 1 is 0.825 bits per heavy atom. The number of alkyl halides is 3. The maximum atomic E-state index is 14.5. The molecule has 4 heterocycles. The van der Waals surface area contributed by atoms with Crippen molar-refractivity contribution in [3.8, 4) is 32.4 Å². The summed E-state index contributed by atoms with van der Waals surface area (Å²) in [5.41, 5.74) is -0.572. The van der Waals surface area contributed by atoms with E-state index < -0.39 is 30.5 Å². The number of methoxy groups -OCH3 is 2. The Morgan fingerprint density at radius 2 is 1.40 bits per heavy atom. The van der Waals surface area contributed by atoms with Crippen LogP contribution in [0.15, 0.2) is 77.4 Å². The fraction of sp³-hybridized carbons (Fsp3) is 0.107. The molecule has 0 aliphatic carbocycles. The number of fused-ring (bicyclic) bond motifs is 2. The molecule has 12 heteroatoms. The quantitative estimate of drug-likeness (QED) is 0.156. The van der Waals surface area contributed by atoms with Crippen molar-refractivity contribution in [3.05, 3.63) is 88.0 Å². The van der Waals surface area contributed by atoms with Crippen molar-refractivity contribution < 1.29 is 31.3 Å². The summed E-state index contributed by atoms with van der Waals surface area (Å²) < 4.78 is 83.7. The molecule has 5 aromatic rings. The number of aromatic nitrogens is 1. The summed E-state index contributed by atoms with van der Waals surface area (Å²) in [6.07, 6.45) is -3.61. The van der Waals surface area contributed by atoms with Crippen molar-refractivity contribution in [2.75, 3.05) is 14.2 Å². The molecule has 0 atom stereocenters. The van der Waals surface area contributed by atoms with Crippen molar-refractivity contribution in [1.82, 2.24) is 4.48 Å². The van der Waals surface area contributed by atoms with Gasteiger partial charge in [0.25, 0.3) is 0 Å². The Hall–Kier alpha value is -3.90. The zero-order chi connectivity index (χ0) is 28.2. The third-order valence-corrected chi connectivity index (χ3v) is 8.76. The molecule has 0 fully saturated rings. The van der Waals surface area contributed by atoms with Crippen LogP contribution in [0, 0.1) is 0 Å². The number of ether oxygens (including phenoxy) is 2. The highest BCUT2D eigenvalue weighted by Gasteiger charge is 2.42. The van der Waals surface area contributed by atoms with Crippen molar-refractivity contribution in [2.24, 2.45) is 4.99 Å². The zero-order valence-electron chi connectivity index (χ0n) is 20.9. The van der Waals surface area contributed by atoms with Crippen LogP contribution >= 0.6 is 22.7 Å². The molecule has 0 amide bonds. The molecule has 0 radical (unpaired) electrons. The number of rotatable bonds is 6. The Balaban J connectivity index is 1.45. The maximum absolute atomic E-state index is 14.5. The Labute approximate surface area is 233 Å². The van der Waals surface area contributed by atoms with Gasteiger partial charge >= 0.3 is 13.6 Å². The van der Waals surface area contributed by atoms with Crippen molar-refractivity contribution >= 4 is 51.9 Å². The monoisotopic (exact) mass is 584 g/mol. The van der Waals surface area contributed by atoms with E-state index in [0.29, 0.717) is 35.4 Å². The van der Waals surface area contributed by atoms with Gasteiger partial charge in [0.1, 0.15) is 17.1 Å². The molecule has 0 saturated heterocycles. The van der Waals surface area contributed by atoms with Gasteiger partial charge in [-0.2, -0.15) is 13.2 Å². The Bertz CT molecular complexity index is 1850.